The van der Waals surface area contributed by atoms with Crippen LogP contribution in [0.2, 0.25) is 0 Å². The summed E-state index contributed by atoms with van der Waals surface area (Å²) < 4.78 is 19.6. The summed E-state index contributed by atoms with van der Waals surface area (Å²) in [6, 6.07) is 12.3. The van der Waals surface area contributed by atoms with Crippen molar-refractivity contribution in [3.63, 3.8) is 0 Å². The molecule has 200 valence electrons. The summed E-state index contributed by atoms with van der Waals surface area (Å²) in [5.41, 5.74) is 3.84. The standard InChI is InChI=1S/C30H41N3O4/c1-23-7-9-27(25(3)17-23)37-22-30(34)11-5-13-32(15-12-30)21-26-8-10-28(35-4)29(18-26)36-16-6-14-33-20-24(2)19-31-33/h7-10,17-20,34H,5-6,11-16,21-22H2,1-4H3/t30-/m1/s1. The minimum Gasteiger partial charge on any atom is -0.493 e. The molecule has 0 saturated carbocycles. The number of methoxy groups -OCH3 is 1. The number of benzene rings is 2. The summed E-state index contributed by atoms with van der Waals surface area (Å²) in [5, 5.41) is 15.6. The average molecular weight is 508 g/mol. The first kappa shape index (κ1) is 27.0. The topological polar surface area (TPSA) is 69.0 Å². The van der Waals surface area contributed by atoms with Crippen molar-refractivity contribution in [2.24, 2.45) is 0 Å². The second kappa shape index (κ2) is 12.5. The summed E-state index contributed by atoms with van der Waals surface area (Å²) in [6.07, 6.45) is 7.13. The first-order valence-corrected chi connectivity index (χ1v) is 13.3. The van der Waals surface area contributed by atoms with E-state index in [9.17, 15) is 5.11 Å². The number of hydrogen-bond acceptors (Lipinski definition) is 6. The minimum atomic E-state index is -0.812. The molecule has 1 aromatic heterocycles. The molecule has 37 heavy (non-hydrogen) atoms. The number of aromatic nitrogens is 2. The van der Waals surface area contributed by atoms with Gasteiger partial charge in [0.25, 0.3) is 0 Å². The number of aliphatic hydroxyl groups is 1. The van der Waals surface area contributed by atoms with Gasteiger partial charge in [0.15, 0.2) is 11.5 Å². The lowest BCUT2D eigenvalue weighted by atomic mass is 9.96. The third-order valence-electron chi connectivity index (χ3n) is 7.02. The van der Waals surface area contributed by atoms with Crippen LogP contribution in [-0.2, 0) is 13.1 Å². The molecule has 4 rings (SSSR count). The van der Waals surface area contributed by atoms with Gasteiger partial charge in [-0.25, -0.2) is 0 Å². The molecule has 3 aromatic rings. The number of ether oxygens (including phenoxy) is 3. The Hall–Kier alpha value is -3.03. The fourth-order valence-corrected chi connectivity index (χ4v) is 4.90. The van der Waals surface area contributed by atoms with Gasteiger partial charge in [-0.3, -0.25) is 9.58 Å². The molecule has 1 aliphatic heterocycles. The molecule has 1 fully saturated rings. The van der Waals surface area contributed by atoms with Crippen LogP contribution in [0.3, 0.4) is 0 Å². The molecule has 2 heterocycles. The number of likely N-dealkylation sites (tertiary alicyclic amines) is 1. The van der Waals surface area contributed by atoms with Crippen molar-refractivity contribution in [3.8, 4) is 17.2 Å². The molecule has 1 saturated heterocycles. The summed E-state index contributed by atoms with van der Waals surface area (Å²) in [4.78, 5) is 2.40. The Morgan fingerprint density at radius 3 is 2.54 bits per heavy atom. The van der Waals surface area contributed by atoms with E-state index in [4.69, 9.17) is 14.2 Å². The van der Waals surface area contributed by atoms with Crippen LogP contribution in [0.1, 0.15) is 47.9 Å². The Bertz CT molecular complexity index is 1160. The van der Waals surface area contributed by atoms with Crippen LogP contribution >= 0.6 is 0 Å². The molecule has 0 radical (unpaired) electrons. The molecule has 7 heteroatoms. The molecule has 1 atom stereocenters. The Balaban J connectivity index is 1.29. The van der Waals surface area contributed by atoms with Gasteiger partial charge in [0, 0.05) is 32.3 Å². The highest BCUT2D eigenvalue weighted by molar-refractivity contribution is 5.43. The van der Waals surface area contributed by atoms with Crippen molar-refractivity contribution < 1.29 is 19.3 Å². The average Bonchev–Trinajstić information content (AvgIpc) is 3.20. The van der Waals surface area contributed by atoms with Gasteiger partial charge in [-0.05, 0) is 81.5 Å². The van der Waals surface area contributed by atoms with Crippen molar-refractivity contribution in [2.45, 2.75) is 65.1 Å². The summed E-state index contributed by atoms with van der Waals surface area (Å²) >= 11 is 0. The SMILES string of the molecule is COc1ccc(CN2CCC[C@](O)(COc3ccc(C)cc3C)CC2)cc1OCCCn1cc(C)cn1. The van der Waals surface area contributed by atoms with Gasteiger partial charge in [-0.2, -0.15) is 5.10 Å². The van der Waals surface area contributed by atoms with E-state index < -0.39 is 5.60 Å². The maximum absolute atomic E-state index is 11.3. The summed E-state index contributed by atoms with van der Waals surface area (Å²) in [6.45, 7) is 10.5. The number of hydrogen-bond donors (Lipinski definition) is 1. The lowest BCUT2D eigenvalue weighted by Gasteiger charge is -2.27. The molecule has 0 amide bonds. The van der Waals surface area contributed by atoms with E-state index in [1.54, 1.807) is 7.11 Å². The zero-order valence-corrected chi connectivity index (χ0v) is 22.7. The Labute approximate surface area is 221 Å². The fraction of sp³-hybridized carbons (Fsp3) is 0.500. The second-order valence-electron chi connectivity index (χ2n) is 10.4. The zero-order valence-electron chi connectivity index (χ0n) is 22.7. The summed E-state index contributed by atoms with van der Waals surface area (Å²) in [5.74, 6) is 2.36. The predicted octanol–water partition coefficient (Wildman–Crippen LogP) is 5.08. The number of rotatable bonds is 11. The largest absolute Gasteiger partial charge is 0.493 e. The molecule has 0 spiro atoms. The monoisotopic (exact) mass is 507 g/mol. The van der Waals surface area contributed by atoms with Crippen molar-refractivity contribution >= 4 is 0 Å². The van der Waals surface area contributed by atoms with Gasteiger partial charge in [0.1, 0.15) is 12.4 Å². The van der Waals surface area contributed by atoms with Gasteiger partial charge in [0.05, 0.1) is 25.5 Å². The van der Waals surface area contributed by atoms with E-state index in [1.807, 2.05) is 49.1 Å². The van der Waals surface area contributed by atoms with Crippen LogP contribution < -0.4 is 14.2 Å². The normalized spacial score (nSPS) is 18.4. The minimum absolute atomic E-state index is 0.323. The van der Waals surface area contributed by atoms with E-state index in [1.165, 1.54) is 11.1 Å². The number of nitrogens with zero attached hydrogens (tertiary/aromatic N) is 3. The van der Waals surface area contributed by atoms with Crippen molar-refractivity contribution in [2.75, 3.05) is 33.4 Å². The van der Waals surface area contributed by atoms with Crippen LogP contribution in [0.15, 0.2) is 48.8 Å². The van der Waals surface area contributed by atoms with Gasteiger partial charge < -0.3 is 19.3 Å². The van der Waals surface area contributed by atoms with E-state index in [0.29, 0.717) is 19.6 Å². The molecule has 0 aliphatic carbocycles. The maximum atomic E-state index is 11.3. The molecule has 7 nitrogen and oxygen atoms in total. The van der Waals surface area contributed by atoms with Crippen LogP contribution in [0.25, 0.3) is 0 Å². The van der Waals surface area contributed by atoms with Crippen molar-refractivity contribution in [3.05, 3.63) is 71.0 Å². The highest BCUT2D eigenvalue weighted by atomic mass is 16.5. The highest BCUT2D eigenvalue weighted by Gasteiger charge is 2.31. The second-order valence-corrected chi connectivity index (χ2v) is 10.4. The third-order valence-corrected chi connectivity index (χ3v) is 7.02. The Morgan fingerprint density at radius 1 is 0.946 bits per heavy atom. The molecule has 0 bridgehead atoms. The Morgan fingerprint density at radius 2 is 1.78 bits per heavy atom. The fourth-order valence-electron chi connectivity index (χ4n) is 4.90. The first-order chi connectivity index (χ1) is 17.8. The molecule has 2 aromatic carbocycles. The van der Waals surface area contributed by atoms with Crippen LogP contribution in [0, 0.1) is 20.8 Å². The Kier molecular flexibility index (Phi) is 9.11. The molecular formula is C30H41N3O4. The van der Waals surface area contributed by atoms with E-state index in [-0.39, 0.29) is 0 Å². The van der Waals surface area contributed by atoms with Gasteiger partial charge >= 0.3 is 0 Å². The highest BCUT2D eigenvalue weighted by Crippen LogP contribution is 2.30. The van der Waals surface area contributed by atoms with Crippen molar-refractivity contribution in [1.82, 2.24) is 14.7 Å². The van der Waals surface area contributed by atoms with Gasteiger partial charge in [0.2, 0.25) is 0 Å². The molecule has 0 unspecified atom stereocenters. The molecule has 1 N–H and O–H groups in total. The van der Waals surface area contributed by atoms with Gasteiger partial charge in [-0.1, -0.05) is 23.8 Å². The quantitative estimate of drug-likeness (QED) is 0.365. The van der Waals surface area contributed by atoms with Crippen LogP contribution in [0.4, 0.5) is 0 Å². The van der Waals surface area contributed by atoms with E-state index >= 15 is 0 Å². The van der Waals surface area contributed by atoms with Gasteiger partial charge in [-0.15, -0.1) is 0 Å². The zero-order chi connectivity index (χ0) is 26.3. The third kappa shape index (κ3) is 7.73. The number of aryl methyl sites for hydroxylation is 4. The van der Waals surface area contributed by atoms with E-state index in [2.05, 4.69) is 35.1 Å². The van der Waals surface area contributed by atoms with Crippen LogP contribution in [0.5, 0.6) is 17.2 Å². The first-order valence-electron chi connectivity index (χ1n) is 13.3. The van der Waals surface area contributed by atoms with Crippen LogP contribution in [-0.4, -0.2) is 58.8 Å². The molecule has 1 aliphatic rings. The molecular weight excluding hydrogens is 466 g/mol. The maximum Gasteiger partial charge on any atom is 0.161 e. The predicted molar refractivity (Wildman–Crippen MR) is 146 cm³/mol. The van der Waals surface area contributed by atoms with E-state index in [0.717, 1.165) is 73.8 Å². The van der Waals surface area contributed by atoms with Crippen molar-refractivity contribution in [1.29, 1.82) is 0 Å². The summed E-state index contributed by atoms with van der Waals surface area (Å²) in [7, 11) is 1.67. The lowest BCUT2D eigenvalue weighted by molar-refractivity contribution is -0.0170. The smallest absolute Gasteiger partial charge is 0.161 e. The lowest BCUT2D eigenvalue weighted by Crippen LogP contribution is -2.37.